The molecule has 5 rings (SSSR count). The monoisotopic (exact) mass is 673 g/mol. The first-order chi connectivity index (χ1) is 21.3. The molecule has 0 bridgehead atoms. The molecule has 238 valence electrons. The van der Waals surface area contributed by atoms with Gasteiger partial charge in [0.25, 0.3) is 5.91 Å². The molecule has 1 N–H and O–H groups in total. The maximum Gasteiger partial charge on any atom is 0.251 e. The molecule has 6 nitrogen and oxygen atoms in total. The van der Waals surface area contributed by atoms with Crippen LogP contribution >= 0.6 is 35.0 Å². The molecule has 1 amide bonds. The molecule has 0 spiro atoms. The van der Waals surface area contributed by atoms with Crippen LogP contribution in [0.3, 0.4) is 0 Å². The Balaban J connectivity index is 1.42. The van der Waals surface area contributed by atoms with E-state index >= 15 is 4.39 Å². The normalized spacial score (nSPS) is 16.4. The number of carbonyl (C=O) groups is 1. The van der Waals surface area contributed by atoms with Crippen molar-refractivity contribution in [1.29, 1.82) is 0 Å². The molecule has 2 heterocycles. The fourth-order valence-corrected chi connectivity index (χ4v) is 7.43. The van der Waals surface area contributed by atoms with E-state index in [1.165, 1.54) is 36.0 Å². The van der Waals surface area contributed by atoms with Crippen LogP contribution < -0.4 is 10.1 Å². The third kappa shape index (κ3) is 7.32. The maximum atomic E-state index is 15.5. The van der Waals surface area contributed by atoms with Crippen LogP contribution in [-0.4, -0.2) is 60.3 Å². The SMILES string of the molecule is COc1cc(C(C)(C)c2cnc(SCc3c(F)cc(C(=O)N[C@H]4CCC[N+](C)(C)C4)cc3Cl)n2-c2ccc(F)cc2)ccc1Cl. The second-order valence-corrected chi connectivity index (χ2v) is 14.3. The number of carbonyl (C=O) groups excluding carboxylic acids is 1. The standard InChI is InChI=1S/C34H36Cl2F2N4O2S/c1-34(2,22-8-13-27(35)30(17-22)44-5)31-18-39-33(41(31)25-11-9-23(37)10-12-25)45-20-26-28(36)15-21(16-29(26)38)32(43)40-24-7-6-14-42(3,4)19-24/h8-13,15-18,24H,6-7,14,19-20H2,1-5H3/p+1/t24-/m0/s1. The number of quaternary nitrogens is 1. The topological polar surface area (TPSA) is 56.1 Å². The van der Waals surface area contributed by atoms with Crippen molar-refractivity contribution in [2.75, 3.05) is 34.3 Å². The number of methoxy groups -OCH3 is 1. The average Bonchev–Trinajstić information content (AvgIpc) is 3.41. The number of halogens is 4. The van der Waals surface area contributed by atoms with E-state index in [2.05, 4.69) is 33.3 Å². The van der Waals surface area contributed by atoms with Gasteiger partial charge in [-0.05, 0) is 66.9 Å². The number of nitrogens with one attached hydrogen (secondary N) is 1. The molecule has 4 aromatic rings. The van der Waals surface area contributed by atoms with Crippen LogP contribution in [0, 0.1) is 11.6 Å². The van der Waals surface area contributed by atoms with Crippen LogP contribution in [0.1, 0.15) is 53.9 Å². The molecule has 0 saturated carbocycles. The highest BCUT2D eigenvalue weighted by Gasteiger charge is 2.31. The Labute approximate surface area is 277 Å². The molecule has 0 unspecified atom stereocenters. The minimum absolute atomic E-state index is 0.0241. The Morgan fingerprint density at radius 1 is 1.11 bits per heavy atom. The number of benzene rings is 3. The molecule has 11 heteroatoms. The van der Waals surface area contributed by atoms with Gasteiger partial charge in [-0.3, -0.25) is 9.36 Å². The predicted octanol–water partition coefficient (Wildman–Crippen LogP) is 8.05. The predicted molar refractivity (Wildman–Crippen MR) is 177 cm³/mol. The number of amides is 1. The Morgan fingerprint density at radius 3 is 2.51 bits per heavy atom. The second-order valence-electron chi connectivity index (χ2n) is 12.6. The van der Waals surface area contributed by atoms with E-state index in [0.717, 1.165) is 41.7 Å². The molecule has 1 aliphatic rings. The lowest BCUT2D eigenvalue weighted by molar-refractivity contribution is -0.896. The summed E-state index contributed by atoms with van der Waals surface area (Å²) in [5.41, 5.74) is 2.33. The minimum atomic E-state index is -0.581. The van der Waals surface area contributed by atoms with E-state index in [-0.39, 0.29) is 39.7 Å². The number of aromatic nitrogens is 2. The van der Waals surface area contributed by atoms with Crippen LogP contribution in [0.25, 0.3) is 5.69 Å². The maximum absolute atomic E-state index is 15.5. The van der Waals surface area contributed by atoms with Crippen molar-refractivity contribution >= 4 is 40.9 Å². The Morgan fingerprint density at radius 2 is 1.84 bits per heavy atom. The van der Waals surface area contributed by atoms with Gasteiger partial charge in [0.1, 0.15) is 17.4 Å². The largest absolute Gasteiger partial charge is 0.495 e. The van der Waals surface area contributed by atoms with Crippen LogP contribution in [0.2, 0.25) is 10.0 Å². The van der Waals surface area contributed by atoms with Gasteiger partial charge < -0.3 is 14.5 Å². The first kappa shape index (κ1) is 33.3. The molecular formula is C34H37Cl2F2N4O2S+. The zero-order valence-electron chi connectivity index (χ0n) is 26.0. The molecule has 1 aliphatic heterocycles. The number of rotatable bonds is 9. The summed E-state index contributed by atoms with van der Waals surface area (Å²) in [6, 6.07) is 14.5. The van der Waals surface area contributed by atoms with E-state index < -0.39 is 11.2 Å². The summed E-state index contributed by atoms with van der Waals surface area (Å²) < 4.78 is 37.6. The highest BCUT2D eigenvalue weighted by Crippen LogP contribution is 2.39. The quantitative estimate of drug-likeness (QED) is 0.144. The number of hydrogen-bond acceptors (Lipinski definition) is 4. The minimum Gasteiger partial charge on any atom is -0.495 e. The van der Waals surface area contributed by atoms with E-state index in [0.29, 0.717) is 21.6 Å². The second kappa shape index (κ2) is 13.3. The number of ether oxygens (including phenoxy) is 1. The van der Waals surface area contributed by atoms with Crippen molar-refractivity contribution in [3.63, 3.8) is 0 Å². The first-order valence-electron chi connectivity index (χ1n) is 14.7. The Bertz CT molecular complexity index is 1690. The fourth-order valence-electron chi connectivity index (χ4n) is 5.85. The molecule has 1 saturated heterocycles. The lowest BCUT2D eigenvalue weighted by Gasteiger charge is -2.38. The zero-order valence-corrected chi connectivity index (χ0v) is 28.3. The van der Waals surface area contributed by atoms with Crippen LogP contribution in [-0.2, 0) is 11.2 Å². The summed E-state index contributed by atoms with van der Waals surface area (Å²) in [6.45, 7) is 5.98. The van der Waals surface area contributed by atoms with Gasteiger partial charge in [0, 0.05) is 33.0 Å². The van der Waals surface area contributed by atoms with Crippen LogP contribution in [0.5, 0.6) is 5.75 Å². The number of nitrogens with zero attached hydrogens (tertiary/aromatic N) is 3. The zero-order chi connectivity index (χ0) is 32.5. The van der Waals surface area contributed by atoms with Gasteiger partial charge in [0.2, 0.25) is 0 Å². The summed E-state index contributed by atoms with van der Waals surface area (Å²) >= 11 is 14.2. The molecule has 1 atom stereocenters. The lowest BCUT2D eigenvalue weighted by Crippen LogP contribution is -2.55. The highest BCUT2D eigenvalue weighted by molar-refractivity contribution is 7.98. The number of likely N-dealkylation sites (tertiary alicyclic amines) is 1. The Kier molecular flexibility index (Phi) is 9.84. The fraction of sp³-hybridized carbons (Fsp3) is 0.353. The number of piperidine rings is 1. The van der Waals surface area contributed by atoms with Gasteiger partial charge in [0.05, 0.1) is 57.2 Å². The van der Waals surface area contributed by atoms with E-state index in [1.807, 2.05) is 16.7 Å². The van der Waals surface area contributed by atoms with Crippen LogP contribution in [0.4, 0.5) is 8.78 Å². The van der Waals surface area contributed by atoms with Crippen molar-refractivity contribution < 1.29 is 22.8 Å². The van der Waals surface area contributed by atoms with Crippen molar-refractivity contribution in [3.05, 3.63) is 105 Å². The summed E-state index contributed by atoms with van der Waals surface area (Å²) in [5.74, 6) is -0.546. The first-order valence-corrected chi connectivity index (χ1v) is 16.4. The molecule has 0 radical (unpaired) electrons. The summed E-state index contributed by atoms with van der Waals surface area (Å²) in [4.78, 5) is 17.7. The third-order valence-electron chi connectivity index (χ3n) is 8.44. The van der Waals surface area contributed by atoms with Crippen molar-refractivity contribution in [1.82, 2.24) is 14.9 Å². The highest BCUT2D eigenvalue weighted by atomic mass is 35.5. The number of likely N-dealkylation sites (N-methyl/N-ethyl adjacent to an activating group) is 1. The molecule has 1 fully saturated rings. The van der Waals surface area contributed by atoms with Gasteiger partial charge in [-0.2, -0.15) is 0 Å². The van der Waals surface area contributed by atoms with Crippen molar-refractivity contribution in [3.8, 4) is 11.4 Å². The van der Waals surface area contributed by atoms with E-state index in [1.54, 1.807) is 31.5 Å². The summed E-state index contributed by atoms with van der Waals surface area (Å²) in [5, 5.41) is 4.29. The third-order valence-corrected chi connectivity index (χ3v) is 10.1. The lowest BCUT2D eigenvalue weighted by atomic mass is 9.81. The Hall–Kier alpha value is -3.11. The van der Waals surface area contributed by atoms with Gasteiger partial charge in [-0.15, -0.1) is 0 Å². The van der Waals surface area contributed by atoms with Crippen molar-refractivity contribution in [2.24, 2.45) is 0 Å². The molecule has 1 aromatic heterocycles. The van der Waals surface area contributed by atoms with Crippen molar-refractivity contribution in [2.45, 2.75) is 49.1 Å². The molecular weight excluding hydrogens is 637 g/mol. The van der Waals surface area contributed by atoms with Gasteiger partial charge in [0.15, 0.2) is 5.16 Å². The summed E-state index contributed by atoms with van der Waals surface area (Å²) in [6.07, 6.45) is 3.68. The van der Waals surface area contributed by atoms with Gasteiger partial charge in [-0.1, -0.05) is 54.9 Å². The van der Waals surface area contributed by atoms with Gasteiger partial charge >= 0.3 is 0 Å². The van der Waals surface area contributed by atoms with Crippen LogP contribution in [0.15, 0.2) is 66.0 Å². The molecule has 0 aliphatic carbocycles. The number of thioether (sulfide) groups is 1. The van der Waals surface area contributed by atoms with E-state index in [9.17, 15) is 9.18 Å². The number of hydrogen-bond donors (Lipinski definition) is 1. The van der Waals surface area contributed by atoms with Gasteiger partial charge in [-0.25, -0.2) is 13.8 Å². The summed E-state index contributed by atoms with van der Waals surface area (Å²) in [7, 11) is 5.85. The molecule has 45 heavy (non-hydrogen) atoms. The number of imidazole rings is 1. The van der Waals surface area contributed by atoms with E-state index in [4.69, 9.17) is 32.9 Å². The smallest absolute Gasteiger partial charge is 0.251 e. The molecule has 3 aromatic carbocycles. The average molecular weight is 675 g/mol.